The normalized spacial score (nSPS) is 11.7. The summed E-state index contributed by atoms with van der Waals surface area (Å²) in [5, 5.41) is 7.28. The molecular weight excluding hydrogens is 289 g/mol. The number of amides is 3. The predicted octanol–water partition coefficient (Wildman–Crippen LogP) is 2.42. The number of anilines is 1. The van der Waals surface area contributed by atoms with Gasteiger partial charge in [0.2, 0.25) is 5.91 Å². The van der Waals surface area contributed by atoms with E-state index in [1.54, 1.807) is 18.2 Å². The Hall–Kier alpha value is -2.67. The number of carbonyl (C=O) groups excluding carboxylic acids is 2. The average molecular weight is 305 g/mol. The van der Waals surface area contributed by atoms with Crippen LogP contribution in [0.1, 0.15) is 18.7 Å². The Balaban J connectivity index is 1.77. The molecule has 0 aliphatic heterocycles. The summed E-state index contributed by atoms with van der Waals surface area (Å²) in [4.78, 5) is 23.2. The van der Waals surface area contributed by atoms with E-state index in [1.807, 2.05) is 6.92 Å². The third kappa shape index (κ3) is 4.42. The Bertz CT molecular complexity index is 643. The van der Waals surface area contributed by atoms with Crippen molar-refractivity contribution in [3.05, 3.63) is 54.2 Å². The average Bonchev–Trinajstić information content (AvgIpc) is 3.01. The summed E-state index contributed by atoms with van der Waals surface area (Å²) in [6.07, 6.45) is 1.54. The summed E-state index contributed by atoms with van der Waals surface area (Å²) in [6, 6.07) is 8.26. The first kappa shape index (κ1) is 15.7. The molecule has 3 amide bonds. The molecule has 7 heteroatoms. The molecule has 6 nitrogen and oxygen atoms in total. The summed E-state index contributed by atoms with van der Waals surface area (Å²) in [5.74, 6) is -0.425. The molecule has 2 rings (SSSR count). The maximum atomic E-state index is 13.3. The quantitative estimate of drug-likeness (QED) is 0.792. The molecule has 0 bridgehead atoms. The SMILES string of the molecule is C[C@H](NCC(=O)NC(=O)Nc1ccccc1F)c1ccco1. The van der Waals surface area contributed by atoms with Gasteiger partial charge in [0, 0.05) is 0 Å². The van der Waals surface area contributed by atoms with Gasteiger partial charge in [-0.2, -0.15) is 0 Å². The second-order valence-corrected chi connectivity index (χ2v) is 4.60. The molecule has 0 radical (unpaired) electrons. The van der Waals surface area contributed by atoms with E-state index < -0.39 is 17.8 Å². The number of hydrogen-bond donors (Lipinski definition) is 3. The van der Waals surface area contributed by atoms with Crippen LogP contribution in [-0.2, 0) is 4.79 Å². The van der Waals surface area contributed by atoms with Gasteiger partial charge in [-0.25, -0.2) is 9.18 Å². The first-order valence-corrected chi connectivity index (χ1v) is 6.68. The Morgan fingerprint density at radius 2 is 2.00 bits per heavy atom. The van der Waals surface area contributed by atoms with Crippen LogP contribution in [0, 0.1) is 5.82 Å². The van der Waals surface area contributed by atoms with Crippen LogP contribution >= 0.6 is 0 Å². The number of furan rings is 1. The van der Waals surface area contributed by atoms with Crippen LogP contribution in [0.25, 0.3) is 0 Å². The molecule has 0 saturated heterocycles. The van der Waals surface area contributed by atoms with E-state index in [1.165, 1.54) is 24.5 Å². The van der Waals surface area contributed by atoms with Crippen LogP contribution in [0.15, 0.2) is 47.1 Å². The first-order chi connectivity index (χ1) is 10.6. The van der Waals surface area contributed by atoms with Crippen molar-refractivity contribution in [2.24, 2.45) is 0 Å². The van der Waals surface area contributed by atoms with E-state index >= 15 is 0 Å². The lowest BCUT2D eigenvalue weighted by atomic mass is 10.2. The number of urea groups is 1. The second-order valence-electron chi connectivity index (χ2n) is 4.60. The fourth-order valence-electron chi connectivity index (χ4n) is 1.77. The number of imide groups is 1. The van der Waals surface area contributed by atoms with Crippen LogP contribution in [0.3, 0.4) is 0 Å². The number of halogens is 1. The zero-order chi connectivity index (χ0) is 15.9. The van der Waals surface area contributed by atoms with Crippen molar-refractivity contribution in [2.75, 3.05) is 11.9 Å². The lowest BCUT2D eigenvalue weighted by Gasteiger charge is -2.11. The Kier molecular flexibility index (Phi) is 5.26. The fraction of sp³-hybridized carbons (Fsp3) is 0.200. The summed E-state index contributed by atoms with van der Waals surface area (Å²) < 4.78 is 18.5. The third-order valence-corrected chi connectivity index (χ3v) is 2.91. The van der Waals surface area contributed by atoms with Crippen molar-refractivity contribution < 1.29 is 18.4 Å². The van der Waals surface area contributed by atoms with E-state index in [2.05, 4.69) is 16.0 Å². The van der Waals surface area contributed by atoms with Crippen molar-refractivity contribution in [1.29, 1.82) is 0 Å². The maximum absolute atomic E-state index is 13.3. The Morgan fingerprint density at radius 1 is 1.23 bits per heavy atom. The van der Waals surface area contributed by atoms with Crippen molar-refractivity contribution in [2.45, 2.75) is 13.0 Å². The van der Waals surface area contributed by atoms with Gasteiger partial charge < -0.3 is 9.73 Å². The molecule has 0 aliphatic carbocycles. The zero-order valence-corrected chi connectivity index (χ0v) is 11.9. The van der Waals surface area contributed by atoms with Gasteiger partial charge in [0.15, 0.2) is 0 Å². The van der Waals surface area contributed by atoms with Gasteiger partial charge in [-0.3, -0.25) is 15.4 Å². The van der Waals surface area contributed by atoms with E-state index in [-0.39, 0.29) is 18.3 Å². The van der Waals surface area contributed by atoms with Crippen LogP contribution in [0.2, 0.25) is 0 Å². The number of hydrogen-bond acceptors (Lipinski definition) is 4. The van der Waals surface area contributed by atoms with Gasteiger partial charge >= 0.3 is 6.03 Å². The highest BCUT2D eigenvalue weighted by Gasteiger charge is 2.12. The summed E-state index contributed by atoms with van der Waals surface area (Å²) in [6.45, 7) is 1.75. The monoisotopic (exact) mass is 305 g/mol. The molecule has 1 heterocycles. The van der Waals surface area contributed by atoms with E-state index in [0.29, 0.717) is 5.76 Å². The van der Waals surface area contributed by atoms with Crippen molar-refractivity contribution >= 4 is 17.6 Å². The molecular formula is C15H16FN3O3. The maximum Gasteiger partial charge on any atom is 0.326 e. The second kappa shape index (κ2) is 7.37. The molecule has 116 valence electrons. The molecule has 0 spiro atoms. The summed E-state index contributed by atoms with van der Waals surface area (Å²) >= 11 is 0. The minimum absolute atomic E-state index is 0.00436. The smallest absolute Gasteiger partial charge is 0.326 e. The molecule has 22 heavy (non-hydrogen) atoms. The zero-order valence-electron chi connectivity index (χ0n) is 11.9. The standard InChI is InChI=1S/C15H16FN3O3/c1-10(13-7-4-8-22-13)17-9-14(20)19-15(21)18-12-6-3-2-5-11(12)16/h2-8,10,17H,9H2,1H3,(H2,18,19,20,21)/t10-/m0/s1. The van der Waals surface area contributed by atoms with Crippen LogP contribution in [0.5, 0.6) is 0 Å². The number of para-hydroxylation sites is 1. The molecule has 1 aromatic heterocycles. The Labute approximate surface area is 126 Å². The number of nitrogens with one attached hydrogen (secondary N) is 3. The number of benzene rings is 1. The number of carbonyl (C=O) groups is 2. The molecule has 0 saturated carbocycles. The molecule has 1 atom stereocenters. The van der Waals surface area contributed by atoms with Crippen molar-refractivity contribution in [1.82, 2.24) is 10.6 Å². The molecule has 1 aromatic carbocycles. The third-order valence-electron chi connectivity index (χ3n) is 2.91. The first-order valence-electron chi connectivity index (χ1n) is 6.68. The molecule has 0 aliphatic rings. The fourth-order valence-corrected chi connectivity index (χ4v) is 1.77. The molecule has 3 N–H and O–H groups in total. The summed E-state index contributed by atoms with van der Waals surface area (Å²) in [7, 11) is 0. The van der Waals surface area contributed by atoms with E-state index in [4.69, 9.17) is 4.42 Å². The highest BCUT2D eigenvalue weighted by atomic mass is 19.1. The van der Waals surface area contributed by atoms with Crippen molar-refractivity contribution in [3.8, 4) is 0 Å². The van der Waals surface area contributed by atoms with E-state index in [9.17, 15) is 14.0 Å². The predicted molar refractivity (Wildman–Crippen MR) is 78.7 cm³/mol. The van der Waals surface area contributed by atoms with Gasteiger partial charge in [-0.05, 0) is 31.2 Å². The molecule has 0 unspecified atom stereocenters. The highest BCUT2D eigenvalue weighted by Crippen LogP contribution is 2.12. The largest absolute Gasteiger partial charge is 0.468 e. The Morgan fingerprint density at radius 3 is 2.68 bits per heavy atom. The minimum atomic E-state index is -0.789. The van der Waals surface area contributed by atoms with Crippen LogP contribution < -0.4 is 16.0 Å². The minimum Gasteiger partial charge on any atom is -0.468 e. The van der Waals surface area contributed by atoms with Gasteiger partial charge in [0.1, 0.15) is 11.6 Å². The van der Waals surface area contributed by atoms with Crippen LogP contribution in [0.4, 0.5) is 14.9 Å². The molecule has 0 fully saturated rings. The van der Waals surface area contributed by atoms with Gasteiger partial charge in [-0.15, -0.1) is 0 Å². The van der Waals surface area contributed by atoms with Gasteiger partial charge in [0.05, 0.1) is 24.5 Å². The lowest BCUT2D eigenvalue weighted by Crippen LogP contribution is -2.40. The van der Waals surface area contributed by atoms with Crippen molar-refractivity contribution in [3.63, 3.8) is 0 Å². The highest BCUT2D eigenvalue weighted by molar-refractivity contribution is 6.01. The van der Waals surface area contributed by atoms with Gasteiger partial charge in [0.25, 0.3) is 0 Å². The summed E-state index contributed by atoms with van der Waals surface area (Å²) in [5.41, 5.74) is 0.00436. The lowest BCUT2D eigenvalue weighted by molar-refractivity contribution is -0.119. The van der Waals surface area contributed by atoms with E-state index in [0.717, 1.165) is 0 Å². The molecule has 2 aromatic rings. The van der Waals surface area contributed by atoms with Crippen LogP contribution in [-0.4, -0.2) is 18.5 Å². The number of rotatable bonds is 5. The van der Waals surface area contributed by atoms with Gasteiger partial charge in [-0.1, -0.05) is 12.1 Å². The topological polar surface area (TPSA) is 83.4 Å².